The Hall–Kier alpha value is -3.28. The highest BCUT2D eigenvalue weighted by Crippen LogP contribution is 2.27. The van der Waals surface area contributed by atoms with Crippen molar-refractivity contribution in [2.24, 2.45) is 5.73 Å². The number of nitrogens with two attached hydrogens (primary N) is 1. The van der Waals surface area contributed by atoms with E-state index in [9.17, 15) is 4.79 Å². The van der Waals surface area contributed by atoms with E-state index in [-0.39, 0.29) is 28.8 Å². The zero-order chi connectivity index (χ0) is 22.8. The lowest BCUT2D eigenvalue weighted by Gasteiger charge is -2.27. The Morgan fingerprint density at radius 1 is 1.15 bits per heavy atom. The number of carbonyl (C=O) groups is 1. The molecule has 0 aromatic carbocycles. The highest BCUT2D eigenvalue weighted by Gasteiger charge is 2.21. The summed E-state index contributed by atoms with van der Waals surface area (Å²) in [5.74, 6) is 0.277. The maximum atomic E-state index is 13.0. The topological polar surface area (TPSA) is 135 Å². The summed E-state index contributed by atoms with van der Waals surface area (Å²) < 4.78 is 1.53. The summed E-state index contributed by atoms with van der Waals surface area (Å²) in [5, 5.41) is 17.2. The molecule has 170 valence electrons. The van der Waals surface area contributed by atoms with Gasteiger partial charge in [0.05, 0.1) is 11.9 Å². The Bertz CT molecular complexity index is 1270. The molecule has 1 fully saturated rings. The van der Waals surface area contributed by atoms with E-state index in [4.69, 9.17) is 17.3 Å². The number of thiazole rings is 1. The molecule has 4 heterocycles. The zero-order valence-corrected chi connectivity index (χ0v) is 19.1. The third kappa shape index (κ3) is 4.90. The van der Waals surface area contributed by atoms with Gasteiger partial charge in [-0.3, -0.25) is 4.79 Å². The van der Waals surface area contributed by atoms with Crippen molar-refractivity contribution in [2.75, 3.05) is 16.0 Å². The van der Waals surface area contributed by atoms with Crippen LogP contribution in [0.15, 0.2) is 42.2 Å². The molecule has 0 radical (unpaired) electrons. The molecule has 0 bridgehead atoms. The molecule has 0 spiro atoms. The molecule has 4 aromatic heterocycles. The fourth-order valence-corrected chi connectivity index (χ4v) is 4.55. The average Bonchev–Trinajstić information content (AvgIpc) is 3.45. The summed E-state index contributed by atoms with van der Waals surface area (Å²) in [7, 11) is 0. The lowest BCUT2D eigenvalue weighted by molar-refractivity contribution is 0.102. The van der Waals surface area contributed by atoms with Gasteiger partial charge in [-0.25, -0.2) is 19.5 Å². The van der Waals surface area contributed by atoms with Gasteiger partial charge in [-0.2, -0.15) is 0 Å². The largest absolute Gasteiger partial charge is 0.366 e. The molecule has 10 nitrogen and oxygen atoms in total. The number of rotatable bonds is 6. The van der Waals surface area contributed by atoms with Gasteiger partial charge in [0, 0.05) is 41.6 Å². The molecule has 0 saturated heterocycles. The minimum absolute atomic E-state index is 0.256. The summed E-state index contributed by atoms with van der Waals surface area (Å²) in [4.78, 5) is 25.7. The third-order valence-corrected chi connectivity index (χ3v) is 6.38. The van der Waals surface area contributed by atoms with E-state index >= 15 is 0 Å². The second-order valence-electron chi connectivity index (χ2n) is 7.86. The molecular weight excluding hydrogens is 462 g/mol. The number of hydrogen-bond donors (Lipinski definition) is 4. The van der Waals surface area contributed by atoms with E-state index in [1.165, 1.54) is 28.2 Å². The van der Waals surface area contributed by atoms with Crippen LogP contribution in [-0.4, -0.2) is 42.6 Å². The zero-order valence-electron chi connectivity index (χ0n) is 17.5. The smallest absolute Gasteiger partial charge is 0.276 e. The van der Waals surface area contributed by atoms with Crippen LogP contribution >= 0.6 is 22.9 Å². The Morgan fingerprint density at radius 2 is 2.00 bits per heavy atom. The summed E-state index contributed by atoms with van der Waals surface area (Å²) in [6.07, 6.45) is 8.62. The van der Waals surface area contributed by atoms with E-state index in [2.05, 4.69) is 36.0 Å². The standard InChI is InChI=1S/C21H22ClN9OS/c22-17-9-14(5-6-24-17)28-20(32)16-11-26-19-15(29-21-25-7-8-33-21)10-18(30-31(16)19)27-13-3-1-12(23)2-4-13/h5-13H,1-4,23H2,(H,25,29)(H,27,30)(H,24,28,32)/t12-,13-. The molecule has 0 unspecified atom stereocenters. The quantitative estimate of drug-likeness (QED) is 0.303. The van der Waals surface area contributed by atoms with E-state index in [1.807, 2.05) is 11.4 Å². The first-order valence-corrected chi connectivity index (χ1v) is 11.8. The van der Waals surface area contributed by atoms with Crippen LogP contribution in [0.4, 0.5) is 22.3 Å². The molecule has 0 aliphatic heterocycles. The van der Waals surface area contributed by atoms with E-state index in [0.717, 1.165) is 30.8 Å². The first-order chi connectivity index (χ1) is 16.0. The third-order valence-electron chi connectivity index (χ3n) is 5.48. The molecular formula is C21H22ClN9OS. The first kappa shape index (κ1) is 21.6. The monoisotopic (exact) mass is 483 g/mol. The average molecular weight is 484 g/mol. The minimum Gasteiger partial charge on any atom is -0.366 e. The van der Waals surface area contributed by atoms with Crippen molar-refractivity contribution in [3.8, 4) is 0 Å². The first-order valence-electron chi connectivity index (χ1n) is 10.6. The van der Waals surface area contributed by atoms with Crippen LogP contribution in [0.5, 0.6) is 0 Å². The Balaban J connectivity index is 1.48. The number of anilines is 4. The molecule has 5 N–H and O–H groups in total. The van der Waals surface area contributed by atoms with Gasteiger partial charge in [-0.05, 0) is 37.8 Å². The molecule has 1 saturated carbocycles. The van der Waals surface area contributed by atoms with Crippen molar-refractivity contribution < 1.29 is 4.79 Å². The van der Waals surface area contributed by atoms with Crippen LogP contribution in [0.25, 0.3) is 5.65 Å². The molecule has 33 heavy (non-hydrogen) atoms. The number of nitrogens with one attached hydrogen (secondary N) is 3. The van der Waals surface area contributed by atoms with Crippen LogP contribution in [0, 0.1) is 0 Å². The van der Waals surface area contributed by atoms with Gasteiger partial charge < -0.3 is 21.7 Å². The fraction of sp³-hybridized carbons (Fsp3) is 0.286. The predicted molar refractivity (Wildman–Crippen MR) is 129 cm³/mol. The van der Waals surface area contributed by atoms with Crippen LogP contribution in [0.1, 0.15) is 36.2 Å². The van der Waals surface area contributed by atoms with E-state index < -0.39 is 0 Å². The normalized spacial score (nSPS) is 18.2. The van der Waals surface area contributed by atoms with E-state index in [1.54, 1.807) is 18.3 Å². The van der Waals surface area contributed by atoms with Crippen molar-refractivity contribution in [1.82, 2.24) is 24.6 Å². The predicted octanol–water partition coefficient (Wildman–Crippen LogP) is 3.91. The number of fused-ring (bicyclic) bond motifs is 1. The Kier molecular flexibility index (Phi) is 6.07. The summed E-state index contributed by atoms with van der Waals surface area (Å²) in [6.45, 7) is 0. The van der Waals surface area contributed by atoms with Crippen molar-refractivity contribution in [1.29, 1.82) is 0 Å². The molecule has 4 aromatic rings. The van der Waals surface area contributed by atoms with Crippen molar-refractivity contribution in [2.45, 2.75) is 37.8 Å². The number of nitrogens with zero attached hydrogens (tertiary/aromatic N) is 5. The number of carbonyl (C=O) groups excluding carboxylic acids is 1. The van der Waals surface area contributed by atoms with Gasteiger partial charge in [0.2, 0.25) is 0 Å². The molecule has 12 heteroatoms. The summed E-state index contributed by atoms with van der Waals surface area (Å²) in [5.41, 5.74) is 8.07. The van der Waals surface area contributed by atoms with Crippen molar-refractivity contribution in [3.05, 3.63) is 53.0 Å². The van der Waals surface area contributed by atoms with Gasteiger partial charge in [-0.15, -0.1) is 16.4 Å². The number of imidazole rings is 1. The van der Waals surface area contributed by atoms with Gasteiger partial charge in [-0.1, -0.05) is 11.6 Å². The lowest BCUT2D eigenvalue weighted by atomic mass is 9.92. The molecule has 0 atom stereocenters. The fourth-order valence-electron chi connectivity index (χ4n) is 3.83. The second kappa shape index (κ2) is 9.30. The van der Waals surface area contributed by atoms with Gasteiger partial charge in [0.25, 0.3) is 5.91 Å². The lowest BCUT2D eigenvalue weighted by Crippen LogP contribution is -2.33. The number of halogens is 1. The summed E-state index contributed by atoms with van der Waals surface area (Å²) in [6, 6.07) is 5.65. The Labute approximate surface area is 198 Å². The highest BCUT2D eigenvalue weighted by molar-refractivity contribution is 7.13. The SMILES string of the molecule is N[C@H]1CC[C@H](Nc2cc(Nc3nccs3)c3ncc(C(=O)Nc4ccnc(Cl)c4)n3n2)CC1. The van der Waals surface area contributed by atoms with E-state index in [0.29, 0.717) is 22.8 Å². The second-order valence-corrected chi connectivity index (χ2v) is 9.14. The number of hydrogen-bond acceptors (Lipinski definition) is 9. The number of aromatic nitrogens is 5. The van der Waals surface area contributed by atoms with Crippen molar-refractivity contribution in [3.63, 3.8) is 0 Å². The maximum absolute atomic E-state index is 13.0. The van der Waals surface area contributed by atoms with Gasteiger partial charge in [0.15, 0.2) is 16.5 Å². The van der Waals surface area contributed by atoms with Crippen LogP contribution in [0.3, 0.4) is 0 Å². The summed E-state index contributed by atoms with van der Waals surface area (Å²) >= 11 is 7.41. The van der Waals surface area contributed by atoms with Crippen LogP contribution < -0.4 is 21.7 Å². The number of pyridine rings is 1. The van der Waals surface area contributed by atoms with Crippen LogP contribution in [0.2, 0.25) is 5.15 Å². The molecule has 5 rings (SSSR count). The van der Waals surface area contributed by atoms with Crippen LogP contribution in [-0.2, 0) is 0 Å². The molecule has 1 aliphatic carbocycles. The molecule has 1 aliphatic rings. The highest BCUT2D eigenvalue weighted by atomic mass is 35.5. The van der Waals surface area contributed by atoms with Gasteiger partial charge in [0.1, 0.15) is 11.0 Å². The van der Waals surface area contributed by atoms with Gasteiger partial charge >= 0.3 is 0 Å². The number of amides is 1. The molecule has 1 amide bonds. The maximum Gasteiger partial charge on any atom is 0.276 e. The Morgan fingerprint density at radius 3 is 2.76 bits per heavy atom. The van der Waals surface area contributed by atoms with Crippen molar-refractivity contribution >= 4 is 56.8 Å². The minimum atomic E-state index is -0.363.